The largest absolute Gasteiger partial charge is 0.480 e. The molecule has 23 heavy (non-hydrogen) atoms. The summed E-state index contributed by atoms with van der Waals surface area (Å²) in [7, 11) is 0. The summed E-state index contributed by atoms with van der Waals surface area (Å²) < 4.78 is 0. The summed E-state index contributed by atoms with van der Waals surface area (Å²) >= 11 is 1.47. The van der Waals surface area contributed by atoms with Crippen molar-refractivity contribution in [2.24, 2.45) is 5.73 Å². The SMILES string of the molecule is CC(=O)[C@@H](N)CCC(=O)N[C@@H](CSC(C)C)C(=O)NCC(=O)O. The van der Waals surface area contributed by atoms with E-state index in [1.54, 1.807) is 0 Å². The minimum absolute atomic E-state index is 0.0236. The van der Waals surface area contributed by atoms with Gasteiger partial charge >= 0.3 is 5.97 Å². The molecule has 0 rings (SSSR count). The first kappa shape index (κ1) is 21.4. The maximum Gasteiger partial charge on any atom is 0.322 e. The molecule has 0 unspecified atom stereocenters. The van der Waals surface area contributed by atoms with E-state index in [-0.39, 0.29) is 23.9 Å². The number of Topliss-reactive ketones (excluding diaryl/α,β-unsaturated/α-hetero) is 1. The van der Waals surface area contributed by atoms with Crippen molar-refractivity contribution in [3.8, 4) is 0 Å². The summed E-state index contributed by atoms with van der Waals surface area (Å²) in [6, 6.07) is -1.53. The Balaban J connectivity index is 4.54. The van der Waals surface area contributed by atoms with Gasteiger partial charge in [0.15, 0.2) is 0 Å². The van der Waals surface area contributed by atoms with Gasteiger partial charge in [0.25, 0.3) is 0 Å². The highest BCUT2D eigenvalue weighted by Crippen LogP contribution is 2.11. The van der Waals surface area contributed by atoms with Crippen LogP contribution < -0.4 is 16.4 Å². The van der Waals surface area contributed by atoms with Crippen molar-refractivity contribution in [1.82, 2.24) is 10.6 Å². The second-order valence-corrected chi connectivity index (χ2v) is 6.98. The van der Waals surface area contributed by atoms with Gasteiger partial charge in [-0.05, 0) is 18.6 Å². The lowest BCUT2D eigenvalue weighted by Crippen LogP contribution is -2.49. The van der Waals surface area contributed by atoms with Crippen molar-refractivity contribution >= 4 is 35.3 Å². The van der Waals surface area contributed by atoms with Gasteiger partial charge in [0.2, 0.25) is 11.8 Å². The van der Waals surface area contributed by atoms with Crippen molar-refractivity contribution in [3.05, 3.63) is 0 Å². The molecular weight excluding hydrogens is 322 g/mol. The number of hydrogen-bond donors (Lipinski definition) is 4. The number of thioether (sulfide) groups is 1. The van der Waals surface area contributed by atoms with Gasteiger partial charge in [0, 0.05) is 12.2 Å². The molecule has 5 N–H and O–H groups in total. The van der Waals surface area contributed by atoms with E-state index >= 15 is 0 Å². The van der Waals surface area contributed by atoms with Gasteiger partial charge in [-0.15, -0.1) is 0 Å². The molecule has 0 aliphatic heterocycles. The fraction of sp³-hybridized carbons (Fsp3) is 0.714. The van der Waals surface area contributed by atoms with Crippen molar-refractivity contribution in [1.29, 1.82) is 0 Å². The molecule has 132 valence electrons. The monoisotopic (exact) mass is 347 g/mol. The van der Waals surface area contributed by atoms with Gasteiger partial charge in [-0.1, -0.05) is 13.8 Å². The van der Waals surface area contributed by atoms with Crippen LogP contribution in [0.1, 0.15) is 33.6 Å². The molecule has 8 nitrogen and oxygen atoms in total. The third kappa shape index (κ3) is 10.7. The summed E-state index contributed by atoms with van der Waals surface area (Å²) in [4.78, 5) is 45.4. The molecule has 0 heterocycles. The highest BCUT2D eigenvalue weighted by atomic mass is 32.2. The zero-order valence-corrected chi connectivity index (χ0v) is 14.4. The zero-order valence-electron chi connectivity index (χ0n) is 13.6. The van der Waals surface area contributed by atoms with Gasteiger partial charge in [-0.2, -0.15) is 11.8 Å². The van der Waals surface area contributed by atoms with Crippen LogP contribution in [-0.4, -0.2) is 58.3 Å². The van der Waals surface area contributed by atoms with Gasteiger partial charge < -0.3 is 21.5 Å². The second kappa shape index (κ2) is 11.0. The molecule has 0 aromatic heterocycles. The summed E-state index contributed by atoms with van der Waals surface area (Å²) in [5.41, 5.74) is 5.56. The lowest BCUT2D eigenvalue weighted by atomic mass is 10.1. The van der Waals surface area contributed by atoms with E-state index in [9.17, 15) is 19.2 Å². The standard InChI is InChI=1S/C14H25N3O5S/c1-8(2)23-7-11(14(22)16-6-13(20)21)17-12(19)5-4-10(15)9(3)18/h8,10-11H,4-7,15H2,1-3H3,(H,16,22)(H,17,19)(H,20,21)/t10-,11-/m0/s1. The first-order valence-corrected chi connectivity index (χ1v) is 8.34. The molecule has 0 saturated heterocycles. The maximum atomic E-state index is 12.0. The first-order chi connectivity index (χ1) is 10.6. The second-order valence-electron chi connectivity index (χ2n) is 5.37. The Morgan fingerprint density at radius 3 is 2.30 bits per heavy atom. The molecule has 0 aliphatic rings. The maximum absolute atomic E-state index is 12.0. The smallest absolute Gasteiger partial charge is 0.322 e. The highest BCUT2D eigenvalue weighted by molar-refractivity contribution is 7.99. The van der Waals surface area contributed by atoms with E-state index < -0.39 is 36.4 Å². The quantitative estimate of drug-likeness (QED) is 0.395. The van der Waals surface area contributed by atoms with Gasteiger partial charge in [0.1, 0.15) is 18.4 Å². The number of nitrogens with two attached hydrogens (primary N) is 1. The number of carboxylic acids is 1. The average molecular weight is 347 g/mol. The van der Waals surface area contributed by atoms with Crippen LogP contribution >= 0.6 is 11.8 Å². The predicted molar refractivity (Wildman–Crippen MR) is 88.1 cm³/mol. The minimum atomic E-state index is -1.16. The number of nitrogens with one attached hydrogen (secondary N) is 2. The molecule has 0 saturated carbocycles. The molecule has 0 fully saturated rings. The van der Waals surface area contributed by atoms with Crippen LogP contribution in [-0.2, 0) is 19.2 Å². The third-order valence-corrected chi connectivity index (χ3v) is 4.06. The topological polar surface area (TPSA) is 139 Å². The van der Waals surface area contributed by atoms with E-state index in [2.05, 4.69) is 10.6 Å². The van der Waals surface area contributed by atoms with E-state index in [0.717, 1.165) is 0 Å². The molecule has 0 spiro atoms. The van der Waals surface area contributed by atoms with Crippen molar-refractivity contribution in [3.63, 3.8) is 0 Å². The van der Waals surface area contributed by atoms with Crippen molar-refractivity contribution in [2.45, 2.75) is 50.9 Å². The van der Waals surface area contributed by atoms with Crippen LogP contribution in [0.25, 0.3) is 0 Å². The van der Waals surface area contributed by atoms with Crippen LogP contribution in [0.4, 0.5) is 0 Å². The van der Waals surface area contributed by atoms with E-state index in [4.69, 9.17) is 10.8 Å². The molecule has 0 aliphatic carbocycles. The molecule has 2 amide bonds. The van der Waals surface area contributed by atoms with Crippen molar-refractivity contribution in [2.75, 3.05) is 12.3 Å². The summed E-state index contributed by atoms with van der Waals surface area (Å²) in [5.74, 6) is -1.99. The zero-order chi connectivity index (χ0) is 18.0. The normalized spacial score (nSPS) is 13.3. The summed E-state index contributed by atoms with van der Waals surface area (Å²) in [5, 5.41) is 13.7. The number of carbonyl (C=O) groups is 4. The van der Waals surface area contributed by atoms with Crippen molar-refractivity contribution < 1.29 is 24.3 Å². The van der Waals surface area contributed by atoms with E-state index in [0.29, 0.717) is 5.75 Å². The number of ketones is 1. The van der Waals surface area contributed by atoms with Gasteiger partial charge in [-0.25, -0.2) is 0 Å². The van der Waals surface area contributed by atoms with E-state index in [1.807, 2.05) is 13.8 Å². The Morgan fingerprint density at radius 2 is 1.83 bits per heavy atom. The van der Waals surface area contributed by atoms with Crippen LogP contribution in [0.5, 0.6) is 0 Å². The molecule has 2 atom stereocenters. The molecule has 0 aromatic rings. The summed E-state index contributed by atoms with van der Waals surface area (Å²) in [6.45, 7) is 4.74. The van der Waals surface area contributed by atoms with Crippen LogP contribution in [0.3, 0.4) is 0 Å². The Morgan fingerprint density at radius 1 is 1.22 bits per heavy atom. The number of amides is 2. The van der Waals surface area contributed by atoms with Crippen LogP contribution in [0, 0.1) is 0 Å². The molecule has 0 radical (unpaired) electrons. The fourth-order valence-corrected chi connectivity index (χ4v) is 2.33. The Hall–Kier alpha value is -1.61. The first-order valence-electron chi connectivity index (χ1n) is 7.30. The van der Waals surface area contributed by atoms with Crippen LogP contribution in [0.2, 0.25) is 0 Å². The number of carbonyl (C=O) groups excluding carboxylic acids is 3. The minimum Gasteiger partial charge on any atom is -0.480 e. The average Bonchev–Trinajstić information content (AvgIpc) is 2.45. The number of aliphatic carboxylic acids is 1. The number of rotatable bonds is 11. The molecule has 0 aromatic carbocycles. The van der Waals surface area contributed by atoms with Gasteiger partial charge in [0.05, 0.1) is 6.04 Å². The number of carboxylic acid groups (broad SMARTS) is 1. The lowest BCUT2D eigenvalue weighted by Gasteiger charge is -2.19. The third-order valence-electron chi connectivity index (χ3n) is 2.87. The number of hydrogen-bond acceptors (Lipinski definition) is 6. The Labute approximate surface area is 139 Å². The lowest BCUT2D eigenvalue weighted by molar-refractivity contribution is -0.138. The van der Waals surface area contributed by atoms with Crippen LogP contribution in [0.15, 0.2) is 0 Å². The van der Waals surface area contributed by atoms with Gasteiger partial charge in [-0.3, -0.25) is 19.2 Å². The molecular formula is C14H25N3O5S. The molecule has 9 heteroatoms. The molecule has 0 bridgehead atoms. The van der Waals surface area contributed by atoms with E-state index in [1.165, 1.54) is 18.7 Å². The highest BCUT2D eigenvalue weighted by Gasteiger charge is 2.22. The summed E-state index contributed by atoms with van der Waals surface area (Å²) in [6.07, 6.45) is 0.220. The predicted octanol–water partition coefficient (Wildman–Crippen LogP) is -0.490. The fourth-order valence-electron chi connectivity index (χ4n) is 1.51. The Bertz CT molecular complexity index is 442. The Kier molecular flexibility index (Phi) is 10.2.